The van der Waals surface area contributed by atoms with Gasteiger partial charge in [0.2, 0.25) is 0 Å². The molecule has 0 spiro atoms. The molecule has 0 saturated carbocycles. The molecule has 0 saturated heterocycles. The van der Waals surface area contributed by atoms with Crippen LogP contribution >= 0.6 is 0 Å². The van der Waals surface area contributed by atoms with Crippen LogP contribution in [0.15, 0.2) is 42.5 Å². The van der Waals surface area contributed by atoms with Crippen LogP contribution in [0.3, 0.4) is 0 Å². The molecule has 1 amide bonds. The average molecular weight is 349 g/mol. The first-order chi connectivity index (χ1) is 12.4. The first-order valence-corrected chi connectivity index (χ1v) is 8.21. The van der Waals surface area contributed by atoms with E-state index < -0.39 is 12.0 Å². The molecule has 132 valence electrons. The Morgan fingerprint density at radius 3 is 2.42 bits per heavy atom. The SMILES string of the molecule is CN(C)Cc1ccc2c(c1)C(C#N)N(Cc1ccc(C(=O)O)cc1)C2=O. The number of carboxylic acid groups (broad SMARTS) is 1. The molecule has 1 N–H and O–H groups in total. The summed E-state index contributed by atoms with van der Waals surface area (Å²) in [6.07, 6.45) is 0. The van der Waals surface area contributed by atoms with Crippen molar-refractivity contribution in [2.45, 2.75) is 19.1 Å². The average Bonchev–Trinajstić information content (AvgIpc) is 2.86. The molecule has 6 nitrogen and oxygen atoms in total. The summed E-state index contributed by atoms with van der Waals surface area (Å²) in [6.45, 7) is 0.991. The Hall–Kier alpha value is -3.17. The molecule has 1 aliphatic heterocycles. The lowest BCUT2D eigenvalue weighted by Crippen LogP contribution is -2.26. The molecule has 1 heterocycles. The highest BCUT2D eigenvalue weighted by molar-refractivity contribution is 5.99. The van der Waals surface area contributed by atoms with Gasteiger partial charge in [-0.05, 0) is 43.4 Å². The zero-order valence-corrected chi connectivity index (χ0v) is 14.6. The van der Waals surface area contributed by atoms with Crippen LogP contribution in [0.2, 0.25) is 0 Å². The number of hydrogen-bond acceptors (Lipinski definition) is 4. The van der Waals surface area contributed by atoms with Gasteiger partial charge >= 0.3 is 5.97 Å². The van der Waals surface area contributed by atoms with Crippen molar-refractivity contribution in [3.8, 4) is 6.07 Å². The molecule has 3 rings (SSSR count). The summed E-state index contributed by atoms with van der Waals surface area (Å²) in [5, 5.41) is 18.6. The van der Waals surface area contributed by atoms with Crippen LogP contribution in [0.1, 0.15) is 43.4 Å². The molecule has 1 unspecified atom stereocenters. The van der Waals surface area contributed by atoms with Gasteiger partial charge in [-0.15, -0.1) is 0 Å². The quantitative estimate of drug-likeness (QED) is 0.897. The number of fused-ring (bicyclic) bond motifs is 1. The van der Waals surface area contributed by atoms with Crippen LogP contribution in [0.5, 0.6) is 0 Å². The van der Waals surface area contributed by atoms with Crippen molar-refractivity contribution < 1.29 is 14.7 Å². The van der Waals surface area contributed by atoms with E-state index in [0.717, 1.165) is 23.2 Å². The van der Waals surface area contributed by atoms with Gasteiger partial charge in [0.1, 0.15) is 6.04 Å². The minimum Gasteiger partial charge on any atom is -0.478 e. The lowest BCUT2D eigenvalue weighted by molar-refractivity contribution is 0.0694. The van der Waals surface area contributed by atoms with Crippen molar-refractivity contribution in [3.05, 3.63) is 70.3 Å². The van der Waals surface area contributed by atoms with Gasteiger partial charge in [0.25, 0.3) is 5.91 Å². The molecule has 0 fully saturated rings. The Balaban J connectivity index is 1.87. The number of nitrogens with zero attached hydrogens (tertiary/aromatic N) is 3. The van der Waals surface area contributed by atoms with Crippen LogP contribution in [-0.2, 0) is 13.1 Å². The van der Waals surface area contributed by atoms with E-state index in [-0.39, 0.29) is 18.0 Å². The third-order valence-corrected chi connectivity index (χ3v) is 4.39. The Morgan fingerprint density at radius 2 is 1.85 bits per heavy atom. The molecule has 2 aromatic carbocycles. The predicted molar refractivity (Wildman–Crippen MR) is 95.5 cm³/mol. The summed E-state index contributed by atoms with van der Waals surface area (Å²) in [4.78, 5) is 27.3. The number of benzene rings is 2. The minimum atomic E-state index is -0.996. The fourth-order valence-electron chi connectivity index (χ4n) is 3.19. The fraction of sp³-hybridized carbons (Fsp3) is 0.250. The number of amides is 1. The molecule has 26 heavy (non-hydrogen) atoms. The molecule has 6 heteroatoms. The highest BCUT2D eigenvalue weighted by Crippen LogP contribution is 2.35. The summed E-state index contributed by atoms with van der Waals surface area (Å²) >= 11 is 0. The van der Waals surface area contributed by atoms with Crippen LogP contribution in [-0.4, -0.2) is 40.9 Å². The van der Waals surface area contributed by atoms with E-state index in [9.17, 15) is 14.9 Å². The Labute approximate surface area is 151 Å². The molecule has 2 aromatic rings. The van der Waals surface area contributed by atoms with Crippen LogP contribution in [0.25, 0.3) is 0 Å². The maximum atomic E-state index is 12.7. The third-order valence-electron chi connectivity index (χ3n) is 4.39. The number of nitriles is 1. The second-order valence-electron chi connectivity index (χ2n) is 6.63. The Kier molecular flexibility index (Phi) is 4.74. The molecule has 0 aliphatic carbocycles. The minimum absolute atomic E-state index is 0.176. The summed E-state index contributed by atoms with van der Waals surface area (Å²) in [6, 6.07) is 13.6. The van der Waals surface area contributed by atoms with Crippen molar-refractivity contribution in [1.82, 2.24) is 9.80 Å². The topological polar surface area (TPSA) is 84.6 Å². The van der Waals surface area contributed by atoms with Gasteiger partial charge in [-0.3, -0.25) is 4.79 Å². The number of aromatic carboxylic acids is 1. The van der Waals surface area contributed by atoms with E-state index in [1.54, 1.807) is 18.2 Å². The summed E-state index contributed by atoms with van der Waals surface area (Å²) in [7, 11) is 3.93. The molecule has 0 bridgehead atoms. The van der Waals surface area contributed by atoms with E-state index in [4.69, 9.17) is 5.11 Å². The van der Waals surface area contributed by atoms with Crippen molar-refractivity contribution >= 4 is 11.9 Å². The smallest absolute Gasteiger partial charge is 0.335 e. The summed E-state index contributed by atoms with van der Waals surface area (Å²) < 4.78 is 0. The van der Waals surface area contributed by atoms with Crippen molar-refractivity contribution in [1.29, 1.82) is 5.26 Å². The van der Waals surface area contributed by atoms with E-state index in [1.165, 1.54) is 17.0 Å². The van der Waals surface area contributed by atoms with E-state index in [0.29, 0.717) is 5.56 Å². The molecular formula is C20H19N3O3. The lowest BCUT2D eigenvalue weighted by Gasteiger charge is -2.20. The number of carboxylic acids is 1. The van der Waals surface area contributed by atoms with E-state index in [2.05, 4.69) is 6.07 Å². The molecule has 1 aliphatic rings. The monoisotopic (exact) mass is 349 g/mol. The maximum Gasteiger partial charge on any atom is 0.335 e. The molecular weight excluding hydrogens is 330 g/mol. The van der Waals surface area contributed by atoms with E-state index >= 15 is 0 Å². The Bertz CT molecular complexity index is 898. The standard InChI is InChI=1S/C20H19N3O3/c1-22(2)11-14-5-8-16-17(9-14)18(10-21)23(19(16)24)12-13-3-6-15(7-4-13)20(25)26/h3-9,18H,11-12H2,1-2H3,(H,25,26). The fourth-order valence-corrected chi connectivity index (χ4v) is 3.19. The van der Waals surface area contributed by atoms with E-state index in [1.807, 2.05) is 31.1 Å². The number of carbonyl (C=O) groups is 2. The predicted octanol–water partition coefficient (Wildman–Crippen LogP) is 2.67. The van der Waals surface area contributed by atoms with Crippen molar-refractivity contribution in [2.24, 2.45) is 0 Å². The van der Waals surface area contributed by atoms with Gasteiger partial charge in [0.05, 0.1) is 11.6 Å². The van der Waals surface area contributed by atoms with Gasteiger partial charge in [0, 0.05) is 24.2 Å². The number of rotatable bonds is 5. The molecule has 0 radical (unpaired) electrons. The molecule has 0 aromatic heterocycles. The largest absolute Gasteiger partial charge is 0.478 e. The van der Waals surface area contributed by atoms with Crippen molar-refractivity contribution in [3.63, 3.8) is 0 Å². The highest BCUT2D eigenvalue weighted by Gasteiger charge is 2.36. The van der Waals surface area contributed by atoms with Gasteiger partial charge in [0.15, 0.2) is 0 Å². The second-order valence-corrected chi connectivity index (χ2v) is 6.63. The second kappa shape index (κ2) is 6.98. The zero-order valence-electron chi connectivity index (χ0n) is 14.6. The first-order valence-electron chi connectivity index (χ1n) is 8.21. The third kappa shape index (κ3) is 3.30. The number of carbonyl (C=O) groups excluding carboxylic acids is 1. The van der Waals surface area contributed by atoms with Gasteiger partial charge in [-0.25, -0.2) is 4.79 Å². The normalized spacial score (nSPS) is 15.8. The maximum absolute atomic E-state index is 12.7. The first kappa shape index (κ1) is 17.6. The number of hydrogen-bond donors (Lipinski definition) is 1. The highest BCUT2D eigenvalue weighted by atomic mass is 16.4. The summed E-state index contributed by atoms with van der Waals surface area (Å²) in [5.41, 5.74) is 3.31. The Morgan fingerprint density at radius 1 is 1.19 bits per heavy atom. The zero-order chi connectivity index (χ0) is 18.8. The summed E-state index contributed by atoms with van der Waals surface area (Å²) in [5.74, 6) is -1.17. The van der Waals surface area contributed by atoms with Crippen molar-refractivity contribution in [2.75, 3.05) is 14.1 Å². The van der Waals surface area contributed by atoms with Crippen LogP contribution in [0, 0.1) is 11.3 Å². The lowest BCUT2D eigenvalue weighted by atomic mass is 10.0. The van der Waals surface area contributed by atoms with Gasteiger partial charge in [-0.2, -0.15) is 5.26 Å². The van der Waals surface area contributed by atoms with Crippen LogP contribution in [0.4, 0.5) is 0 Å². The molecule has 1 atom stereocenters. The van der Waals surface area contributed by atoms with Crippen LogP contribution < -0.4 is 0 Å². The van der Waals surface area contributed by atoms with Gasteiger partial charge in [-0.1, -0.05) is 24.3 Å². The van der Waals surface area contributed by atoms with Gasteiger partial charge < -0.3 is 14.9 Å².